The highest BCUT2D eigenvalue weighted by molar-refractivity contribution is 4.70. The van der Waals surface area contributed by atoms with Crippen LogP contribution in [0.4, 0.5) is 0 Å². The van der Waals surface area contributed by atoms with Crippen molar-refractivity contribution in [2.24, 2.45) is 5.41 Å². The van der Waals surface area contributed by atoms with Crippen molar-refractivity contribution in [1.82, 2.24) is 0 Å². The molecule has 0 aromatic rings. The van der Waals surface area contributed by atoms with Gasteiger partial charge in [0.15, 0.2) is 0 Å². The van der Waals surface area contributed by atoms with Crippen molar-refractivity contribution in [1.29, 1.82) is 0 Å². The van der Waals surface area contributed by atoms with Crippen molar-refractivity contribution in [3.05, 3.63) is 0 Å². The van der Waals surface area contributed by atoms with Crippen molar-refractivity contribution in [3.8, 4) is 0 Å². The number of hydrogen-bond acceptors (Lipinski definition) is 6. The Balaban J connectivity index is 4.21. The quantitative estimate of drug-likeness (QED) is 0.393. The molecule has 6 heteroatoms. The van der Waals surface area contributed by atoms with Gasteiger partial charge in [-0.25, -0.2) is 0 Å². The fourth-order valence-corrected chi connectivity index (χ4v) is 2.55. The minimum absolute atomic E-state index is 0.0673. The van der Waals surface area contributed by atoms with E-state index in [2.05, 4.69) is 20.8 Å². The molecule has 6 nitrogen and oxygen atoms in total. The van der Waals surface area contributed by atoms with E-state index in [1.807, 2.05) is 0 Å². The molecule has 152 valence electrons. The van der Waals surface area contributed by atoms with Gasteiger partial charge in [0, 0.05) is 41.7 Å². The minimum Gasteiger partial charge on any atom is -0.382 e. The zero-order valence-electron chi connectivity index (χ0n) is 17.3. The SMILES string of the molecule is COCC(CCOCC(CC(C)(C)C)OCCC(COC)OC)OC. The van der Waals surface area contributed by atoms with E-state index in [0.717, 1.165) is 19.3 Å². The van der Waals surface area contributed by atoms with Crippen LogP contribution in [0.25, 0.3) is 0 Å². The minimum atomic E-state index is 0.0673. The Morgan fingerprint density at radius 2 is 1.20 bits per heavy atom. The molecular formula is C19H40O6. The van der Waals surface area contributed by atoms with Crippen molar-refractivity contribution in [2.45, 2.75) is 58.3 Å². The van der Waals surface area contributed by atoms with Crippen LogP contribution in [0, 0.1) is 5.41 Å². The fourth-order valence-electron chi connectivity index (χ4n) is 2.55. The van der Waals surface area contributed by atoms with E-state index in [4.69, 9.17) is 28.4 Å². The predicted octanol–water partition coefficient (Wildman–Crippen LogP) is 2.93. The molecule has 0 bridgehead atoms. The molecule has 0 aromatic heterocycles. The zero-order valence-corrected chi connectivity index (χ0v) is 17.3. The van der Waals surface area contributed by atoms with Gasteiger partial charge < -0.3 is 28.4 Å². The second-order valence-electron chi connectivity index (χ2n) is 7.54. The van der Waals surface area contributed by atoms with E-state index >= 15 is 0 Å². The smallest absolute Gasteiger partial charge is 0.0826 e. The summed E-state index contributed by atoms with van der Waals surface area (Å²) in [6.07, 6.45) is 2.78. The second-order valence-corrected chi connectivity index (χ2v) is 7.54. The third-order valence-corrected chi connectivity index (χ3v) is 3.89. The summed E-state index contributed by atoms with van der Waals surface area (Å²) in [5.74, 6) is 0. The molecule has 0 spiro atoms. The number of hydrogen-bond donors (Lipinski definition) is 0. The summed E-state index contributed by atoms with van der Waals surface area (Å²) in [6, 6.07) is 0. The summed E-state index contributed by atoms with van der Waals surface area (Å²) in [7, 11) is 6.75. The number of ether oxygens (including phenoxy) is 6. The van der Waals surface area contributed by atoms with Crippen LogP contribution in [0.5, 0.6) is 0 Å². The molecule has 0 aromatic carbocycles. The van der Waals surface area contributed by atoms with E-state index < -0.39 is 0 Å². The third kappa shape index (κ3) is 14.6. The molecule has 0 aliphatic heterocycles. The highest BCUT2D eigenvalue weighted by Gasteiger charge is 2.20. The average Bonchev–Trinajstić information content (AvgIpc) is 2.55. The molecule has 0 aliphatic rings. The first-order chi connectivity index (χ1) is 11.9. The van der Waals surface area contributed by atoms with E-state index in [-0.39, 0.29) is 23.7 Å². The van der Waals surface area contributed by atoms with Crippen LogP contribution in [0.1, 0.15) is 40.0 Å². The van der Waals surface area contributed by atoms with Crippen LogP contribution in [-0.2, 0) is 28.4 Å². The van der Waals surface area contributed by atoms with E-state index in [1.54, 1.807) is 28.4 Å². The van der Waals surface area contributed by atoms with E-state index in [1.165, 1.54) is 0 Å². The van der Waals surface area contributed by atoms with Crippen LogP contribution in [0.2, 0.25) is 0 Å². The van der Waals surface area contributed by atoms with Gasteiger partial charge in [0.1, 0.15) is 0 Å². The van der Waals surface area contributed by atoms with Gasteiger partial charge in [0.05, 0.1) is 38.1 Å². The first kappa shape index (κ1) is 24.8. The van der Waals surface area contributed by atoms with Gasteiger partial charge in [-0.3, -0.25) is 0 Å². The van der Waals surface area contributed by atoms with Gasteiger partial charge in [-0.15, -0.1) is 0 Å². The molecule has 0 fully saturated rings. The monoisotopic (exact) mass is 364 g/mol. The molecule has 0 amide bonds. The highest BCUT2D eigenvalue weighted by Crippen LogP contribution is 2.23. The van der Waals surface area contributed by atoms with E-state index in [9.17, 15) is 0 Å². The Labute approximate surface area is 154 Å². The molecule has 0 radical (unpaired) electrons. The zero-order chi connectivity index (χ0) is 19.1. The van der Waals surface area contributed by atoms with Crippen LogP contribution < -0.4 is 0 Å². The van der Waals surface area contributed by atoms with Crippen molar-refractivity contribution in [2.75, 3.05) is 61.5 Å². The molecule has 0 saturated heterocycles. The maximum absolute atomic E-state index is 6.06. The largest absolute Gasteiger partial charge is 0.382 e. The molecule has 3 unspecified atom stereocenters. The average molecular weight is 365 g/mol. The lowest BCUT2D eigenvalue weighted by molar-refractivity contribution is -0.0600. The van der Waals surface area contributed by atoms with Crippen molar-refractivity contribution < 1.29 is 28.4 Å². The standard InChI is InChI=1S/C19H40O6/c1-19(2,3)12-18(25-11-9-17(23-7)14-21-5)15-24-10-8-16(22-6)13-20-4/h16-18H,8-15H2,1-7H3. The van der Waals surface area contributed by atoms with Crippen LogP contribution in [0.3, 0.4) is 0 Å². The first-order valence-electron chi connectivity index (χ1n) is 9.09. The lowest BCUT2D eigenvalue weighted by atomic mass is 9.89. The van der Waals surface area contributed by atoms with Gasteiger partial charge >= 0.3 is 0 Å². The van der Waals surface area contributed by atoms with Crippen molar-refractivity contribution >= 4 is 0 Å². The third-order valence-electron chi connectivity index (χ3n) is 3.89. The predicted molar refractivity (Wildman–Crippen MR) is 99.2 cm³/mol. The number of methoxy groups -OCH3 is 4. The van der Waals surface area contributed by atoms with Crippen LogP contribution in [-0.4, -0.2) is 79.8 Å². The summed E-state index contributed by atoms with van der Waals surface area (Å²) in [6.45, 7) is 9.66. The molecule has 0 heterocycles. The Morgan fingerprint density at radius 1 is 0.680 bits per heavy atom. The Bertz CT molecular complexity index is 292. The molecule has 0 aliphatic carbocycles. The molecule has 25 heavy (non-hydrogen) atoms. The maximum Gasteiger partial charge on any atom is 0.0826 e. The van der Waals surface area contributed by atoms with Gasteiger partial charge in [-0.1, -0.05) is 20.8 Å². The summed E-state index contributed by atoms with van der Waals surface area (Å²) >= 11 is 0. The van der Waals surface area contributed by atoms with Gasteiger partial charge in [-0.05, 0) is 24.7 Å². The molecular weight excluding hydrogens is 324 g/mol. The Kier molecular flexibility index (Phi) is 14.7. The molecule has 0 N–H and O–H groups in total. The summed E-state index contributed by atoms with van der Waals surface area (Å²) in [5.41, 5.74) is 0.187. The van der Waals surface area contributed by atoms with Gasteiger partial charge in [0.25, 0.3) is 0 Å². The maximum atomic E-state index is 6.06. The fraction of sp³-hybridized carbons (Fsp3) is 1.00. The van der Waals surface area contributed by atoms with Gasteiger partial charge in [-0.2, -0.15) is 0 Å². The lowest BCUT2D eigenvalue weighted by Gasteiger charge is -2.27. The second kappa shape index (κ2) is 14.9. The normalized spacial score (nSPS) is 16.0. The van der Waals surface area contributed by atoms with Crippen LogP contribution in [0.15, 0.2) is 0 Å². The highest BCUT2D eigenvalue weighted by atomic mass is 16.5. The first-order valence-corrected chi connectivity index (χ1v) is 9.09. The summed E-state index contributed by atoms with van der Waals surface area (Å²) in [4.78, 5) is 0. The Morgan fingerprint density at radius 3 is 1.64 bits per heavy atom. The van der Waals surface area contributed by atoms with Crippen LogP contribution >= 0.6 is 0 Å². The summed E-state index contributed by atoms with van der Waals surface area (Å²) in [5, 5.41) is 0. The number of rotatable bonds is 16. The molecule has 0 saturated carbocycles. The van der Waals surface area contributed by atoms with Crippen molar-refractivity contribution in [3.63, 3.8) is 0 Å². The Hall–Kier alpha value is -0.240. The summed E-state index contributed by atoms with van der Waals surface area (Å²) < 4.78 is 32.9. The molecule has 0 rings (SSSR count). The molecule has 3 atom stereocenters. The lowest BCUT2D eigenvalue weighted by Crippen LogP contribution is -2.29. The topological polar surface area (TPSA) is 55.4 Å². The van der Waals surface area contributed by atoms with E-state index in [0.29, 0.717) is 33.0 Å². The van der Waals surface area contributed by atoms with Gasteiger partial charge in [0.2, 0.25) is 0 Å².